The fraction of sp³-hybridized carbons (Fsp3) is 0.469. The number of halogens is 1. The summed E-state index contributed by atoms with van der Waals surface area (Å²) in [6.07, 6.45) is 0.236. The Morgan fingerprint density at radius 1 is 1.09 bits per heavy atom. The number of hydrogen-bond donors (Lipinski definition) is 3. The smallest absolute Gasteiger partial charge is 0.410 e. The van der Waals surface area contributed by atoms with Gasteiger partial charge in [-0.15, -0.1) is 0 Å². The molecule has 0 aromatic heterocycles. The summed E-state index contributed by atoms with van der Waals surface area (Å²) in [6.45, 7) is 7.45. The fourth-order valence-electron chi connectivity index (χ4n) is 5.38. The van der Waals surface area contributed by atoms with E-state index in [1.807, 2.05) is 0 Å². The van der Waals surface area contributed by atoms with Gasteiger partial charge in [0, 0.05) is 26.8 Å². The molecule has 12 nitrogen and oxygen atoms in total. The number of ether oxygens (including phenoxy) is 2. The normalized spacial score (nSPS) is 17.9. The van der Waals surface area contributed by atoms with Crippen LogP contribution in [0.3, 0.4) is 0 Å². The van der Waals surface area contributed by atoms with E-state index in [0.717, 1.165) is 23.1 Å². The van der Waals surface area contributed by atoms with Crippen LogP contribution in [-0.2, 0) is 30.4 Å². The molecule has 4 rings (SSSR count). The number of nitrogens with one attached hydrogen (secondary N) is 2. The number of fused-ring (bicyclic) bond motifs is 1. The lowest BCUT2D eigenvalue weighted by Crippen LogP contribution is -2.57. The van der Waals surface area contributed by atoms with Crippen molar-refractivity contribution in [2.75, 3.05) is 25.6 Å². The van der Waals surface area contributed by atoms with Crippen LogP contribution in [0.5, 0.6) is 0 Å². The van der Waals surface area contributed by atoms with Crippen LogP contribution >= 0.6 is 0 Å². The summed E-state index contributed by atoms with van der Waals surface area (Å²) >= 11 is 0. The summed E-state index contributed by atoms with van der Waals surface area (Å²) in [6, 6.07) is 6.73. The minimum absolute atomic E-state index is 0.0493. The Bertz CT molecular complexity index is 1470. The molecule has 0 bridgehead atoms. The van der Waals surface area contributed by atoms with Crippen LogP contribution in [0, 0.1) is 11.7 Å². The molecule has 1 fully saturated rings. The summed E-state index contributed by atoms with van der Waals surface area (Å²) in [4.78, 5) is 68.2. The summed E-state index contributed by atoms with van der Waals surface area (Å²) in [5.74, 6) is -4.32. The zero-order valence-electron chi connectivity index (χ0n) is 26.0. The minimum Gasteiger partial charge on any atom is -0.478 e. The lowest BCUT2D eigenvalue weighted by atomic mass is 9.90. The van der Waals surface area contributed by atoms with E-state index in [-0.39, 0.29) is 23.7 Å². The van der Waals surface area contributed by atoms with E-state index in [1.54, 1.807) is 45.0 Å². The topological polar surface area (TPSA) is 155 Å². The molecule has 2 aliphatic heterocycles. The van der Waals surface area contributed by atoms with Crippen molar-refractivity contribution in [1.29, 1.82) is 0 Å². The first-order chi connectivity index (χ1) is 21.2. The molecule has 2 aliphatic rings. The third-order valence-electron chi connectivity index (χ3n) is 7.95. The zero-order valence-corrected chi connectivity index (χ0v) is 26.0. The van der Waals surface area contributed by atoms with Crippen molar-refractivity contribution in [1.82, 2.24) is 15.1 Å². The van der Waals surface area contributed by atoms with Crippen molar-refractivity contribution < 1.29 is 42.9 Å². The SMILES string of the molecule is C[C@@H](C(=O)N[C@H](C(=O)N1Cc2ccccc2[C@H]1C(=O)Nc1cc(C(=O)O)ccc1F)C1CCOCC1)N(C)C(=O)OC(C)(C)C. The van der Waals surface area contributed by atoms with E-state index in [0.29, 0.717) is 37.2 Å². The Balaban J connectivity index is 1.62. The largest absolute Gasteiger partial charge is 0.478 e. The highest BCUT2D eigenvalue weighted by Gasteiger charge is 2.44. The number of carbonyl (C=O) groups excluding carboxylic acids is 4. The van der Waals surface area contributed by atoms with E-state index in [2.05, 4.69) is 10.6 Å². The van der Waals surface area contributed by atoms with Gasteiger partial charge in [0.1, 0.15) is 29.5 Å². The van der Waals surface area contributed by atoms with E-state index >= 15 is 0 Å². The molecule has 0 unspecified atom stereocenters. The molecule has 0 radical (unpaired) electrons. The lowest BCUT2D eigenvalue weighted by Gasteiger charge is -2.36. The minimum atomic E-state index is -1.30. The number of rotatable bonds is 8. The third kappa shape index (κ3) is 7.77. The summed E-state index contributed by atoms with van der Waals surface area (Å²) in [5.41, 5.74) is -0.126. The molecule has 2 aromatic carbocycles. The van der Waals surface area contributed by atoms with Gasteiger partial charge in [-0.05, 0) is 75.8 Å². The lowest BCUT2D eigenvalue weighted by molar-refractivity contribution is -0.144. The summed E-state index contributed by atoms with van der Waals surface area (Å²) < 4.78 is 25.5. The Hall–Kier alpha value is -4.52. The van der Waals surface area contributed by atoms with Gasteiger partial charge in [-0.3, -0.25) is 19.3 Å². The fourth-order valence-corrected chi connectivity index (χ4v) is 5.38. The molecular formula is C32H39FN4O8. The maximum absolute atomic E-state index is 14.7. The van der Waals surface area contributed by atoms with Crippen molar-refractivity contribution in [2.45, 2.75) is 70.8 Å². The standard InChI is InChI=1S/C32H39FN4O8/c1-18(36(5)31(43)45-32(2,3)4)27(38)35-25(19-12-14-44-15-13-19)29(40)37-17-21-8-6-7-9-22(21)26(37)28(39)34-24-16-20(30(41)42)10-11-23(24)33/h6-11,16,18-19,25-26H,12-15,17H2,1-5H3,(H,34,39)(H,35,38)(H,41,42)/t18-,25-,26-/m0/s1. The van der Waals surface area contributed by atoms with E-state index in [1.165, 1.54) is 18.9 Å². The maximum Gasteiger partial charge on any atom is 0.410 e. The highest BCUT2D eigenvalue weighted by atomic mass is 19.1. The number of carbonyl (C=O) groups is 5. The van der Waals surface area contributed by atoms with Crippen molar-refractivity contribution in [3.63, 3.8) is 0 Å². The van der Waals surface area contributed by atoms with Crippen LogP contribution in [0.15, 0.2) is 42.5 Å². The molecule has 2 aromatic rings. The van der Waals surface area contributed by atoms with Gasteiger partial charge in [0.05, 0.1) is 11.3 Å². The van der Waals surface area contributed by atoms with Gasteiger partial charge < -0.3 is 30.1 Å². The Morgan fingerprint density at radius 3 is 2.40 bits per heavy atom. The van der Waals surface area contributed by atoms with E-state index in [9.17, 15) is 33.5 Å². The number of carboxylic acids is 1. The van der Waals surface area contributed by atoms with Crippen molar-refractivity contribution in [3.05, 3.63) is 65.0 Å². The molecule has 3 N–H and O–H groups in total. The summed E-state index contributed by atoms with van der Waals surface area (Å²) in [7, 11) is 1.43. The predicted octanol–water partition coefficient (Wildman–Crippen LogP) is 3.71. The first-order valence-corrected chi connectivity index (χ1v) is 14.7. The van der Waals surface area contributed by atoms with Gasteiger partial charge in [-0.2, -0.15) is 0 Å². The Morgan fingerprint density at radius 2 is 1.76 bits per heavy atom. The molecule has 0 saturated carbocycles. The van der Waals surface area contributed by atoms with E-state index < -0.39 is 59.3 Å². The molecule has 4 amide bonds. The molecule has 3 atom stereocenters. The number of hydrogen-bond acceptors (Lipinski definition) is 7. The van der Waals surface area contributed by atoms with Crippen molar-refractivity contribution >= 4 is 35.5 Å². The quantitative estimate of drug-likeness (QED) is 0.401. The molecule has 13 heteroatoms. The number of amides is 4. The highest BCUT2D eigenvalue weighted by molar-refractivity contribution is 6.01. The van der Waals surface area contributed by atoms with Gasteiger partial charge in [0.2, 0.25) is 11.8 Å². The molecular weight excluding hydrogens is 587 g/mol. The second-order valence-electron chi connectivity index (χ2n) is 12.3. The average Bonchev–Trinajstić information content (AvgIpc) is 3.39. The summed E-state index contributed by atoms with van der Waals surface area (Å²) in [5, 5.41) is 14.6. The van der Waals surface area contributed by atoms with Crippen LogP contribution in [0.1, 0.15) is 68.1 Å². The highest BCUT2D eigenvalue weighted by Crippen LogP contribution is 2.36. The number of aromatic carboxylic acids is 1. The van der Waals surface area contributed by atoms with Gasteiger partial charge in [0.15, 0.2) is 0 Å². The third-order valence-corrected chi connectivity index (χ3v) is 7.95. The number of benzene rings is 2. The molecule has 242 valence electrons. The number of nitrogens with zero attached hydrogens (tertiary/aromatic N) is 2. The second kappa shape index (κ2) is 13.6. The maximum atomic E-state index is 14.7. The van der Waals surface area contributed by atoms with Gasteiger partial charge >= 0.3 is 12.1 Å². The molecule has 0 aliphatic carbocycles. The predicted molar refractivity (Wildman–Crippen MR) is 161 cm³/mol. The molecule has 45 heavy (non-hydrogen) atoms. The first kappa shape index (κ1) is 33.4. The second-order valence-corrected chi connectivity index (χ2v) is 12.3. The number of likely N-dealkylation sites (N-methyl/N-ethyl adjacent to an activating group) is 1. The van der Waals surface area contributed by atoms with Crippen LogP contribution in [0.2, 0.25) is 0 Å². The van der Waals surface area contributed by atoms with Crippen LogP contribution in [0.4, 0.5) is 14.9 Å². The van der Waals surface area contributed by atoms with Gasteiger partial charge in [-0.1, -0.05) is 24.3 Å². The monoisotopic (exact) mass is 626 g/mol. The van der Waals surface area contributed by atoms with Crippen LogP contribution in [-0.4, -0.2) is 82.6 Å². The molecule has 2 heterocycles. The van der Waals surface area contributed by atoms with Crippen LogP contribution < -0.4 is 10.6 Å². The molecule has 1 saturated heterocycles. The van der Waals surface area contributed by atoms with Gasteiger partial charge in [0.25, 0.3) is 5.91 Å². The first-order valence-electron chi connectivity index (χ1n) is 14.7. The Labute approximate surface area is 260 Å². The van der Waals surface area contributed by atoms with Gasteiger partial charge in [-0.25, -0.2) is 14.0 Å². The number of carboxylic acid groups (broad SMARTS) is 1. The number of anilines is 1. The Kier molecular flexibility index (Phi) is 10.1. The zero-order chi connectivity index (χ0) is 33.1. The average molecular weight is 627 g/mol. The van der Waals surface area contributed by atoms with Crippen molar-refractivity contribution in [3.8, 4) is 0 Å². The van der Waals surface area contributed by atoms with Crippen LogP contribution in [0.25, 0.3) is 0 Å². The molecule has 0 spiro atoms. The van der Waals surface area contributed by atoms with E-state index in [4.69, 9.17) is 9.47 Å². The van der Waals surface area contributed by atoms with Crippen molar-refractivity contribution in [2.24, 2.45) is 5.92 Å².